The van der Waals surface area contributed by atoms with E-state index in [1.54, 1.807) is 24.3 Å². The predicted molar refractivity (Wildman–Crippen MR) is 82.1 cm³/mol. The molecule has 110 valence electrons. The van der Waals surface area contributed by atoms with E-state index in [2.05, 4.69) is 10.0 Å². The maximum absolute atomic E-state index is 12.0. The van der Waals surface area contributed by atoms with Crippen LogP contribution in [-0.4, -0.2) is 21.4 Å². The Morgan fingerprint density at radius 1 is 1.00 bits per heavy atom. The Morgan fingerprint density at radius 3 is 2.10 bits per heavy atom. The average Bonchev–Trinajstić information content (AvgIpc) is 2.49. The number of nitrogens with one attached hydrogen (secondary N) is 2. The minimum absolute atomic E-state index is 0.105. The summed E-state index contributed by atoms with van der Waals surface area (Å²) in [5.74, 6) is -0.328. The van der Waals surface area contributed by atoms with Gasteiger partial charge in [0.05, 0.1) is 4.90 Å². The van der Waals surface area contributed by atoms with Crippen molar-refractivity contribution in [1.29, 1.82) is 0 Å². The van der Waals surface area contributed by atoms with Crippen molar-refractivity contribution in [3.05, 3.63) is 59.1 Å². The van der Waals surface area contributed by atoms with Gasteiger partial charge in [0.25, 0.3) is 5.91 Å². The van der Waals surface area contributed by atoms with Gasteiger partial charge < -0.3 is 5.32 Å². The van der Waals surface area contributed by atoms with Crippen LogP contribution in [0.25, 0.3) is 0 Å². The maximum atomic E-state index is 12.0. The van der Waals surface area contributed by atoms with Crippen LogP contribution in [0.2, 0.25) is 5.02 Å². The third-order valence-electron chi connectivity index (χ3n) is 2.80. The van der Waals surface area contributed by atoms with Crippen LogP contribution in [0.15, 0.2) is 53.4 Å². The van der Waals surface area contributed by atoms with Crippen LogP contribution < -0.4 is 10.0 Å². The number of sulfonamides is 1. The zero-order valence-corrected chi connectivity index (χ0v) is 12.7. The fourth-order valence-electron chi connectivity index (χ4n) is 1.64. The first-order chi connectivity index (χ1) is 9.92. The molecule has 0 saturated heterocycles. The molecule has 1 amide bonds. The van der Waals surface area contributed by atoms with Crippen LogP contribution in [-0.2, 0) is 10.0 Å². The van der Waals surface area contributed by atoms with E-state index in [0.717, 1.165) is 0 Å². The molecule has 21 heavy (non-hydrogen) atoms. The van der Waals surface area contributed by atoms with E-state index in [9.17, 15) is 13.2 Å². The molecule has 0 aliphatic carbocycles. The fourth-order valence-corrected chi connectivity index (χ4v) is 2.50. The molecule has 0 heterocycles. The SMILES string of the molecule is CNS(=O)(=O)c1ccc(C(=O)Nc2ccc(Cl)cc2)cc1. The Hall–Kier alpha value is -1.89. The van der Waals surface area contributed by atoms with Crippen LogP contribution in [0.4, 0.5) is 5.69 Å². The van der Waals surface area contributed by atoms with Gasteiger partial charge in [0.2, 0.25) is 10.0 Å². The van der Waals surface area contributed by atoms with Crippen LogP contribution in [0.5, 0.6) is 0 Å². The molecule has 0 spiro atoms. The number of rotatable bonds is 4. The van der Waals surface area contributed by atoms with E-state index >= 15 is 0 Å². The highest BCUT2D eigenvalue weighted by atomic mass is 35.5. The number of hydrogen-bond donors (Lipinski definition) is 2. The molecule has 0 unspecified atom stereocenters. The van der Waals surface area contributed by atoms with Gasteiger partial charge in [-0.2, -0.15) is 0 Å². The van der Waals surface area contributed by atoms with Crippen LogP contribution >= 0.6 is 11.6 Å². The molecular weight excluding hydrogens is 312 g/mol. The number of carbonyl (C=O) groups excluding carboxylic acids is 1. The summed E-state index contributed by atoms with van der Waals surface area (Å²) in [5, 5.41) is 3.27. The number of amides is 1. The minimum Gasteiger partial charge on any atom is -0.322 e. The van der Waals surface area contributed by atoms with Crippen molar-refractivity contribution in [3.8, 4) is 0 Å². The second-order valence-electron chi connectivity index (χ2n) is 4.19. The lowest BCUT2D eigenvalue weighted by atomic mass is 10.2. The molecule has 2 N–H and O–H groups in total. The van der Waals surface area contributed by atoms with Crippen molar-refractivity contribution < 1.29 is 13.2 Å². The van der Waals surface area contributed by atoms with Crippen molar-refractivity contribution in [2.45, 2.75) is 4.90 Å². The quantitative estimate of drug-likeness (QED) is 0.907. The number of anilines is 1. The summed E-state index contributed by atoms with van der Waals surface area (Å²) in [6.07, 6.45) is 0. The Morgan fingerprint density at radius 2 is 1.57 bits per heavy atom. The number of hydrogen-bond acceptors (Lipinski definition) is 3. The summed E-state index contributed by atoms with van der Waals surface area (Å²) < 4.78 is 25.4. The highest BCUT2D eigenvalue weighted by Gasteiger charge is 2.12. The minimum atomic E-state index is -3.50. The predicted octanol–water partition coefficient (Wildman–Crippen LogP) is 2.50. The summed E-state index contributed by atoms with van der Waals surface area (Å²) in [4.78, 5) is 12.1. The van der Waals surface area contributed by atoms with Crippen molar-refractivity contribution >= 4 is 33.2 Å². The van der Waals surface area contributed by atoms with Gasteiger partial charge in [0.15, 0.2) is 0 Å². The fraction of sp³-hybridized carbons (Fsp3) is 0.0714. The Labute approximate surface area is 128 Å². The molecule has 0 saturated carbocycles. The number of benzene rings is 2. The molecule has 2 rings (SSSR count). The maximum Gasteiger partial charge on any atom is 0.255 e. The smallest absolute Gasteiger partial charge is 0.255 e. The standard InChI is InChI=1S/C14H13ClN2O3S/c1-16-21(19,20)13-8-2-10(3-9-13)14(18)17-12-6-4-11(15)5-7-12/h2-9,16H,1H3,(H,17,18). The zero-order valence-electron chi connectivity index (χ0n) is 11.1. The van der Waals surface area contributed by atoms with E-state index in [1.165, 1.54) is 31.3 Å². The topological polar surface area (TPSA) is 75.3 Å². The number of carbonyl (C=O) groups is 1. The van der Waals surface area contributed by atoms with Gasteiger partial charge in [-0.15, -0.1) is 0 Å². The summed E-state index contributed by atoms with van der Waals surface area (Å²) >= 11 is 5.76. The van der Waals surface area contributed by atoms with E-state index in [-0.39, 0.29) is 10.8 Å². The lowest BCUT2D eigenvalue weighted by Crippen LogP contribution is -2.19. The summed E-state index contributed by atoms with van der Waals surface area (Å²) in [6.45, 7) is 0. The zero-order chi connectivity index (χ0) is 15.5. The first kappa shape index (κ1) is 15.5. The van der Waals surface area contributed by atoms with E-state index in [4.69, 9.17) is 11.6 Å². The monoisotopic (exact) mass is 324 g/mol. The first-order valence-corrected chi connectivity index (χ1v) is 7.89. The average molecular weight is 325 g/mol. The second kappa shape index (κ2) is 6.26. The van der Waals surface area contributed by atoms with Crippen molar-refractivity contribution in [1.82, 2.24) is 4.72 Å². The highest BCUT2D eigenvalue weighted by molar-refractivity contribution is 7.89. The third-order valence-corrected chi connectivity index (χ3v) is 4.48. The molecular formula is C14H13ClN2O3S. The van der Waals surface area contributed by atoms with Gasteiger partial charge in [-0.3, -0.25) is 4.79 Å². The van der Waals surface area contributed by atoms with Crippen molar-refractivity contribution in [2.75, 3.05) is 12.4 Å². The lowest BCUT2D eigenvalue weighted by Gasteiger charge is -2.06. The first-order valence-electron chi connectivity index (χ1n) is 6.03. The van der Waals surface area contributed by atoms with Crippen LogP contribution in [0, 0.1) is 0 Å². The molecule has 7 heteroatoms. The van der Waals surface area contributed by atoms with Crippen LogP contribution in [0.3, 0.4) is 0 Å². The molecule has 5 nitrogen and oxygen atoms in total. The van der Waals surface area contributed by atoms with Gasteiger partial charge in [0, 0.05) is 16.3 Å². The Balaban J connectivity index is 2.15. The van der Waals surface area contributed by atoms with E-state index < -0.39 is 10.0 Å². The molecule has 2 aromatic rings. The Bertz CT molecular complexity index is 741. The molecule has 0 radical (unpaired) electrons. The van der Waals surface area contributed by atoms with E-state index in [1.807, 2.05) is 0 Å². The molecule has 0 atom stereocenters. The second-order valence-corrected chi connectivity index (χ2v) is 6.52. The van der Waals surface area contributed by atoms with Crippen molar-refractivity contribution in [3.63, 3.8) is 0 Å². The van der Waals surface area contributed by atoms with E-state index in [0.29, 0.717) is 16.3 Å². The normalized spacial score (nSPS) is 11.1. The molecule has 0 aromatic heterocycles. The molecule has 0 fully saturated rings. The Kier molecular flexibility index (Phi) is 4.62. The molecule has 0 aliphatic rings. The van der Waals surface area contributed by atoms with Crippen LogP contribution in [0.1, 0.15) is 10.4 Å². The third kappa shape index (κ3) is 3.81. The summed E-state index contributed by atoms with van der Waals surface area (Å²) in [5.41, 5.74) is 0.969. The molecule has 2 aromatic carbocycles. The highest BCUT2D eigenvalue weighted by Crippen LogP contribution is 2.15. The van der Waals surface area contributed by atoms with Gasteiger partial charge in [-0.1, -0.05) is 11.6 Å². The lowest BCUT2D eigenvalue weighted by molar-refractivity contribution is 0.102. The molecule has 0 aliphatic heterocycles. The van der Waals surface area contributed by atoms with Gasteiger partial charge >= 0.3 is 0 Å². The largest absolute Gasteiger partial charge is 0.322 e. The summed E-state index contributed by atoms with van der Waals surface area (Å²) in [7, 11) is -2.17. The van der Waals surface area contributed by atoms with Gasteiger partial charge in [0.1, 0.15) is 0 Å². The van der Waals surface area contributed by atoms with Gasteiger partial charge in [-0.05, 0) is 55.6 Å². The number of halogens is 1. The van der Waals surface area contributed by atoms with Gasteiger partial charge in [-0.25, -0.2) is 13.1 Å². The van der Waals surface area contributed by atoms with Crippen molar-refractivity contribution in [2.24, 2.45) is 0 Å². The molecule has 0 bridgehead atoms. The summed E-state index contributed by atoms with van der Waals surface area (Å²) in [6, 6.07) is 12.4.